The van der Waals surface area contributed by atoms with Crippen molar-refractivity contribution in [2.75, 3.05) is 27.4 Å². The molecule has 144 valence electrons. The lowest BCUT2D eigenvalue weighted by molar-refractivity contribution is -0.137. The molecule has 0 N–H and O–H groups in total. The molecule has 0 unspecified atom stereocenters. The molecule has 2 aromatic rings. The third-order valence-electron chi connectivity index (χ3n) is 3.56. The quantitative estimate of drug-likeness (QED) is 0.413. The van der Waals surface area contributed by atoms with Crippen LogP contribution in [0.4, 0.5) is 0 Å². The zero-order chi connectivity index (χ0) is 20.0. The Bertz CT molecular complexity index is 939. The van der Waals surface area contributed by atoms with Crippen molar-refractivity contribution in [3.05, 3.63) is 39.8 Å². The number of ether oxygens (including phenoxy) is 4. The van der Waals surface area contributed by atoms with Crippen molar-refractivity contribution in [2.24, 2.45) is 0 Å². The summed E-state index contributed by atoms with van der Waals surface area (Å²) in [7, 11) is 2.63. The highest BCUT2D eigenvalue weighted by Crippen LogP contribution is 2.39. The molecule has 8 heteroatoms. The van der Waals surface area contributed by atoms with Gasteiger partial charge in [-0.05, 0) is 26.0 Å². The molecule has 0 atom stereocenters. The number of methoxy groups -OCH3 is 2. The molecule has 0 saturated heterocycles. The molecule has 1 aromatic carbocycles. The summed E-state index contributed by atoms with van der Waals surface area (Å²) in [6.45, 7) is 3.92. The average Bonchev–Trinajstić information content (AvgIpc) is 2.65. The maximum Gasteiger partial charge on any atom is 0.343 e. The Hall–Kier alpha value is -3.29. The molecule has 0 radical (unpaired) electrons. The molecule has 0 amide bonds. The van der Waals surface area contributed by atoms with E-state index in [4.69, 9.17) is 23.4 Å². The minimum atomic E-state index is -0.690. The van der Waals surface area contributed by atoms with Crippen molar-refractivity contribution in [3.63, 3.8) is 0 Å². The van der Waals surface area contributed by atoms with Crippen LogP contribution in [0.15, 0.2) is 27.4 Å². The second kappa shape index (κ2) is 8.88. The minimum absolute atomic E-state index is 0.0710. The molecule has 0 fully saturated rings. The van der Waals surface area contributed by atoms with Gasteiger partial charge in [0.05, 0.1) is 38.4 Å². The fraction of sp³-hybridized carbons (Fsp3) is 0.316. The fourth-order valence-corrected chi connectivity index (χ4v) is 2.44. The monoisotopic (exact) mass is 376 g/mol. The van der Waals surface area contributed by atoms with Gasteiger partial charge in [-0.15, -0.1) is 0 Å². The predicted molar refractivity (Wildman–Crippen MR) is 97.2 cm³/mol. The van der Waals surface area contributed by atoms with Gasteiger partial charge < -0.3 is 23.4 Å². The van der Waals surface area contributed by atoms with Crippen molar-refractivity contribution in [3.8, 4) is 11.5 Å². The van der Waals surface area contributed by atoms with E-state index in [1.165, 1.54) is 32.4 Å². The lowest BCUT2D eigenvalue weighted by atomic mass is 10.1. The smallest absolute Gasteiger partial charge is 0.343 e. The number of benzene rings is 1. The van der Waals surface area contributed by atoms with Crippen molar-refractivity contribution in [2.45, 2.75) is 13.8 Å². The second-order valence-electron chi connectivity index (χ2n) is 5.20. The molecule has 1 aromatic heterocycles. The fourth-order valence-electron chi connectivity index (χ4n) is 2.44. The normalized spacial score (nSPS) is 10.8. The standard InChI is InChI=1S/C19H20O8/c1-5-25-15(20)8-7-11-9-12-14(27-18(11)21)10-13(19(22)24-4)17(26-6-2)16(12)23-3/h7-10H,5-6H2,1-4H3/b8-7+. The van der Waals surface area contributed by atoms with Crippen molar-refractivity contribution >= 4 is 29.0 Å². The molecule has 0 aliphatic rings. The third-order valence-corrected chi connectivity index (χ3v) is 3.56. The van der Waals surface area contributed by atoms with Gasteiger partial charge in [-0.3, -0.25) is 0 Å². The van der Waals surface area contributed by atoms with Crippen LogP contribution in [-0.2, 0) is 14.3 Å². The third kappa shape index (κ3) is 4.28. The van der Waals surface area contributed by atoms with Crippen LogP contribution in [-0.4, -0.2) is 39.4 Å². The van der Waals surface area contributed by atoms with Crippen LogP contribution in [0.2, 0.25) is 0 Å². The first kappa shape index (κ1) is 20.0. The molecule has 0 aliphatic carbocycles. The Morgan fingerprint density at radius 3 is 2.44 bits per heavy atom. The Kier molecular flexibility index (Phi) is 6.59. The summed E-state index contributed by atoms with van der Waals surface area (Å²) in [6.07, 6.45) is 2.41. The summed E-state index contributed by atoms with van der Waals surface area (Å²) < 4.78 is 25.8. The van der Waals surface area contributed by atoms with Gasteiger partial charge in [0.2, 0.25) is 0 Å². The Balaban J connectivity index is 2.70. The summed E-state index contributed by atoms with van der Waals surface area (Å²) in [5.74, 6) is -0.856. The summed E-state index contributed by atoms with van der Waals surface area (Å²) in [5.41, 5.74) is -0.386. The average molecular weight is 376 g/mol. The first-order chi connectivity index (χ1) is 13.0. The van der Waals surface area contributed by atoms with Gasteiger partial charge in [-0.25, -0.2) is 14.4 Å². The number of carbonyl (C=O) groups is 2. The van der Waals surface area contributed by atoms with E-state index in [-0.39, 0.29) is 41.4 Å². The van der Waals surface area contributed by atoms with Gasteiger partial charge in [0.1, 0.15) is 11.1 Å². The van der Waals surface area contributed by atoms with Crippen LogP contribution in [0.25, 0.3) is 17.0 Å². The van der Waals surface area contributed by atoms with Gasteiger partial charge in [-0.2, -0.15) is 0 Å². The topological polar surface area (TPSA) is 101 Å². The van der Waals surface area contributed by atoms with Gasteiger partial charge in [-0.1, -0.05) is 0 Å². The van der Waals surface area contributed by atoms with Crippen LogP contribution < -0.4 is 15.1 Å². The first-order valence-electron chi connectivity index (χ1n) is 8.21. The Labute approximate surface area is 155 Å². The van der Waals surface area contributed by atoms with E-state index < -0.39 is 17.6 Å². The van der Waals surface area contributed by atoms with Crippen LogP contribution >= 0.6 is 0 Å². The molecule has 27 heavy (non-hydrogen) atoms. The van der Waals surface area contributed by atoms with Crippen LogP contribution in [0.5, 0.6) is 11.5 Å². The molecule has 0 bridgehead atoms. The largest absolute Gasteiger partial charge is 0.492 e. The maximum absolute atomic E-state index is 12.2. The number of esters is 2. The predicted octanol–water partition coefficient (Wildman–Crippen LogP) is 2.56. The minimum Gasteiger partial charge on any atom is -0.492 e. The van der Waals surface area contributed by atoms with E-state index in [1.54, 1.807) is 13.8 Å². The van der Waals surface area contributed by atoms with E-state index in [0.29, 0.717) is 5.39 Å². The number of carbonyl (C=O) groups excluding carboxylic acids is 2. The number of rotatable bonds is 7. The molecule has 0 spiro atoms. The highest BCUT2D eigenvalue weighted by Gasteiger charge is 2.23. The highest BCUT2D eigenvalue weighted by atomic mass is 16.5. The zero-order valence-corrected chi connectivity index (χ0v) is 15.5. The SMILES string of the molecule is CCOC(=O)/C=C/c1cc2c(OC)c(OCC)c(C(=O)OC)cc2oc1=O. The van der Waals surface area contributed by atoms with Crippen LogP contribution in [0.3, 0.4) is 0 Å². The molecular formula is C19H20O8. The van der Waals surface area contributed by atoms with Crippen molar-refractivity contribution < 1.29 is 33.0 Å². The lowest BCUT2D eigenvalue weighted by Gasteiger charge is -2.15. The molecule has 8 nitrogen and oxygen atoms in total. The molecule has 1 heterocycles. The summed E-state index contributed by atoms with van der Waals surface area (Å²) in [5, 5.41) is 0.400. The number of hydrogen-bond donors (Lipinski definition) is 0. The van der Waals surface area contributed by atoms with E-state index in [9.17, 15) is 14.4 Å². The highest BCUT2D eigenvalue weighted by molar-refractivity contribution is 6.01. The summed E-state index contributed by atoms with van der Waals surface area (Å²) in [4.78, 5) is 35.7. The van der Waals surface area contributed by atoms with Gasteiger partial charge in [0.25, 0.3) is 0 Å². The molecule has 0 aliphatic heterocycles. The van der Waals surface area contributed by atoms with E-state index in [2.05, 4.69) is 0 Å². The van der Waals surface area contributed by atoms with Crippen molar-refractivity contribution in [1.29, 1.82) is 0 Å². The maximum atomic E-state index is 12.2. The molecular weight excluding hydrogens is 356 g/mol. The van der Waals surface area contributed by atoms with Gasteiger partial charge >= 0.3 is 17.6 Å². The summed E-state index contributed by atoms with van der Waals surface area (Å²) in [6, 6.07) is 2.84. The molecule has 2 rings (SSSR count). The van der Waals surface area contributed by atoms with Gasteiger partial charge in [0, 0.05) is 12.1 Å². The van der Waals surface area contributed by atoms with E-state index in [0.717, 1.165) is 6.08 Å². The van der Waals surface area contributed by atoms with E-state index >= 15 is 0 Å². The Morgan fingerprint density at radius 2 is 1.85 bits per heavy atom. The first-order valence-corrected chi connectivity index (χ1v) is 8.21. The Morgan fingerprint density at radius 1 is 1.11 bits per heavy atom. The molecule has 0 saturated carbocycles. The zero-order valence-electron chi connectivity index (χ0n) is 15.5. The van der Waals surface area contributed by atoms with E-state index in [1.807, 2.05) is 0 Å². The van der Waals surface area contributed by atoms with Crippen LogP contribution in [0.1, 0.15) is 29.8 Å². The van der Waals surface area contributed by atoms with Crippen molar-refractivity contribution in [1.82, 2.24) is 0 Å². The summed E-state index contributed by atoms with van der Waals surface area (Å²) >= 11 is 0. The number of hydrogen-bond acceptors (Lipinski definition) is 8. The van der Waals surface area contributed by atoms with Gasteiger partial charge in [0.15, 0.2) is 11.5 Å². The second-order valence-corrected chi connectivity index (χ2v) is 5.20. The number of fused-ring (bicyclic) bond motifs is 1. The lowest BCUT2D eigenvalue weighted by Crippen LogP contribution is -2.09. The van der Waals surface area contributed by atoms with Crippen LogP contribution in [0, 0.1) is 0 Å².